The quantitative estimate of drug-likeness (QED) is 0.543. The van der Waals surface area contributed by atoms with Gasteiger partial charge in [-0.1, -0.05) is 72.8 Å². The highest BCUT2D eigenvalue weighted by Gasteiger charge is 2.22. The summed E-state index contributed by atoms with van der Waals surface area (Å²) >= 11 is 0. The molecule has 4 nitrogen and oxygen atoms in total. The van der Waals surface area contributed by atoms with E-state index in [2.05, 4.69) is 10.5 Å². The number of hydrazone groups is 1. The molecule has 0 saturated heterocycles. The molecule has 1 N–H and O–H groups in total. The molecule has 0 radical (unpaired) electrons. The Kier molecular flexibility index (Phi) is 5.78. The average Bonchev–Trinajstić information content (AvgIpc) is 2.70. The number of amides is 1. The first kappa shape index (κ1) is 17.4. The van der Waals surface area contributed by atoms with E-state index in [1.54, 1.807) is 13.3 Å². The van der Waals surface area contributed by atoms with Crippen LogP contribution in [0.1, 0.15) is 22.6 Å². The first-order chi connectivity index (χ1) is 12.8. The van der Waals surface area contributed by atoms with Crippen LogP contribution in [0.4, 0.5) is 0 Å². The molecule has 0 aromatic heterocycles. The maximum atomic E-state index is 12.8. The second kappa shape index (κ2) is 8.62. The number of carbonyl (C=O) groups is 1. The lowest BCUT2D eigenvalue weighted by atomic mass is 9.91. The summed E-state index contributed by atoms with van der Waals surface area (Å²) in [5, 5.41) is 4.12. The largest absolute Gasteiger partial charge is 0.496 e. The Morgan fingerprint density at radius 3 is 2.00 bits per heavy atom. The van der Waals surface area contributed by atoms with Gasteiger partial charge in [-0.05, 0) is 23.3 Å². The van der Waals surface area contributed by atoms with Gasteiger partial charge in [-0.15, -0.1) is 0 Å². The Morgan fingerprint density at radius 2 is 1.42 bits per heavy atom. The fourth-order valence-corrected chi connectivity index (χ4v) is 2.79. The molecule has 1 amide bonds. The zero-order chi connectivity index (χ0) is 18.2. The van der Waals surface area contributed by atoms with Gasteiger partial charge in [-0.3, -0.25) is 4.79 Å². The van der Waals surface area contributed by atoms with Crippen LogP contribution in [0.3, 0.4) is 0 Å². The molecular weight excluding hydrogens is 324 g/mol. The summed E-state index contributed by atoms with van der Waals surface area (Å²) in [4.78, 5) is 12.8. The molecule has 130 valence electrons. The van der Waals surface area contributed by atoms with Crippen molar-refractivity contribution >= 4 is 12.1 Å². The molecule has 0 aliphatic carbocycles. The second-order valence-corrected chi connectivity index (χ2v) is 5.73. The number of hydrogen-bond donors (Lipinski definition) is 1. The van der Waals surface area contributed by atoms with Gasteiger partial charge in [0.2, 0.25) is 0 Å². The number of nitrogens with zero attached hydrogens (tertiary/aromatic N) is 1. The Balaban J connectivity index is 1.81. The molecule has 4 heteroatoms. The van der Waals surface area contributed by atoms with Gasteiger partial charge in [0.15, 0.2) is 0 Å². The van der Waals surface area contributed by atoms with Gasteiger partial charge in [0.1, 0.15) is 5.75 Å². The molecule has 0 aliphatic rings. The number of nitrogens with one attached hydrogen (secondary N) is 1. The standard InChI is InChI=1S/C22H20N2O2/c1-26-20-15-9-8-14-19(20)16-23-24-22(25)21(17-10-4-2-5-11-17)18-12-6-3-7-13-18/h2-16,21H,1H3,(H,24,25). The predicted octanol–water partition coefficient (Wildman–Crippen LogP) is 3.98. The van der Waals surface area contributed by atoms with Crippen molar-refractivity contribution in [3.8, 4) is 5.75 Å². The summed E-state index contributed by atoms with van der Waals surface area (Å²) in [7, 11) is 1.60. The van der Waals surface area contributed by atoms with Gasteiger partial charge >= 0.3 is 0 Å². The van der Waals surface area contributed by atoms with Crippen LogP contribution in [-0.4, -0.2) is 19.2 Å². The average molecular weight is 344 g/mol. The third-order valence-corrected chi connectivity index (χ3v) is 4.05. The Hall–Kier alpha value is -3.40. The number of hydrogen-bond acceptors (Lipinski definition) is 3. The molecule has 0 saturated carbocycles. The highest BCUT2D eigenvalue weighted by Crippen LogP contribution is 2.24. The summed E-state index contributed by atoms with van der Waals surface area (Å²) in [6, 6.07) is 26.9. The normalized spacial score (nSPS) is 10.8. The Labute approximate surface area is 153 Å². The van der Waals surface area contributed by atoms with Gasteiger partial charge in [-0.25, -0.2) is 5.43 Å². The van der Waals surface area contributed by atoms with Crippen LogP contribution in [0.15, 0.2) is 90.0 Å². The fraction of sp³-hybridized carbons (Fsp3) is 0.0909. The van der Waals surface area contributed by atoms with Gasteiger partial charge in [-0.2, -0.15) is 5.10 Å². The molecule has 0 fully saturated rings. The molecule has 26 heavy (non-hydrogen) atoms. The molecule has 3 rings (SSSR count). The zero-order valence-corrected chi connectivity index (χ0v) is 14.5. The van der Waals surface area contributed by atoms with E-state index >= 15 is 0 Å². The third-order valence-electron chi connectivity index (χ3n) is 4.05. The van der Waals surface area contributed by atoms with E-state index in [0.29, 0.717) is 5.75 Å². The molecule has 0 spiro atoms. The number of benzene rings is 3. The van der Waals surface area contributed by atoms with Crippen molar-refractivity contribution in [3.63, 3.8) is 0 Å². The Morgan fingerprint density at radius 1 is 0.885 bits per heavy atom. The van der Waals surface area contributed by atoms with Crippen LogP contribution < -0.4 is 10.2 Å². The molecule has 0 unspecified atom stereocenters. The van der Waals surface area contributed by atoms with Crippen molar-refractivity contribution in [2.75, 3.05) is 7.11 Å². The monoisotopic (exact) mass is 344 g/mol. The molecular formula is C22H20N2O2. The number of rotatable bonds is 6. The summed E-state index contributed by atoms with van der Waals surface area (Å²) in [6.45, 7) is 0. The minimum Gasteiger partial charge on any atom is -0.496 e. The van der Waals surface area contributed by atoms with E-state index in [1.807, 2.05) is 84.9 Å². The van der Waals surface area contributed by atoms with Crippen LogP contribution in [0.25, 0.3) is 0 Å². The summed E-state index contributed by atoms with van der Waals surface area (Å²) < 4.78 is 5.29. The molecule has 3 aromatic carbocycles. The van der Waals surface area contributed by atoms with Crippen LogP contribution >= 0.6 is 0 Å². The lowest BCUT2D eigenvalue weighted by Crippen LogP contribution is -2.26. The highest BCUT2D eigenvalue weighted by atomic mass is 16.5. The summed E-state index contributed by atoms with van der Waals surface area (Å²) in [6.07, 6.45) is 1.59. The van der Waals surface area contributed by atoms with E-state index in [-0.39, 0.29) is 5.91 Å². The van der Waals surface area contributed by atoms with E-state index in [9.17, 15) is 4.79 Å². The van der Waals surface area contributed by atoms with Crippen molar-refractivity contribution < 1.29 is 9.53 Å². The smallest absolute Gasteiger partial charge is 0.252 e. The van der Waals surface area contributed by atoms with Gasteiger partial charge in [0.05, 0.1) is 19.2 Å². The van der Waals surface area contributed by atoms with Gasteiger partial charge in [0.25, 0.3) is 5.91 Å². The SMILES string of the molecule is COc1ccccc1C=NNC(=O)C(c1ccccc1)c1ccccc1. The third kappa shape index (κ3) is 4.16. The van der Waals surface area contributed by atoms with Crippen molar-refractivity contribution in [1.82, 2.24) is 5.43 Å². The number of carbonyl (C=O) groups excluding carboxylic acids is 1. The molecule has 0 bridgehead atoms. The van der Waals surface area contributed by atoms with E-state index in [0.717, 1.165) is 16.7 Å². The van der Waals surface area contributed by atoms with Crippen LogP contribution in [0.2, 0.25) is 0 Å². The number of methoxy groups -OCH3 is 1. The topological polar surface area (TPSA) is 50.7 Å². The van der Waals surface area contributed by atoms with Crippen LogP contribution in [0.5, 0.6) is 5.75 Å². The lowest BCUT2D eigenvalue weighted by molar-refractivity contribution is -0.121. The van der Waals surface area contributed by atoms with E-state index in [1.165, 1.54) is 0 Å². The van der Waals surface area contributed by atoms with Gasteiger partial charge < -0.3 is 4.74 Å². The van der Waals surface area contributed by atoms with Crippen LogP contribution in [0, 0.1) is 0 Å². The van der Waals surface area contributed by atoms with E-state index in [4.69, 9.17) is 4.74 Å². The molecule has 0 atom stereocenters. The molecule has 3 aromatic rings. The highest BCUT2D eigenvalue weighted by molar-refractivity contribution is 5.89. The molecule has 0 aliphatic heterocycles. The summed E-state index contributed by atoms with van der Waals surface area (Å²) in [5.74, 6) is 0.0916. The maximum absolute atomic E-state index is 12.8. The summed E-state index contributed by atoms with van der Waals surface area (Å²) in [5.41, 5.74) is 5.29. The minimum absolute atomic E-state index is 0.187. The predicted molar refractivity (Wildman–Crippen MR) is 103 cm³/mol. The van der Waals surface area contributed by atoms with Crippen LogP contribution in [-0.2, 0) is 4.79 Å². The first-order valence-electron chi connectivity index (χ1n) is 8.35. The molecule has 0 heterocycles. The van der Waals surface area contributed by atoms with Gasteiger partial charge in [0, 0.05) is 5.56 Å². The van der Waals surface area contributed by atoms with Crippen molar-refractivity contribution in [3.05, 3.63) is 102 Å². The first-order valence-corrected chi connectivity index (χ1v) is 8.35. The van der Waals surface area contributed by atoms with Crippen molar-refractivity contribution in [1.29, 1.82) is 0 Å². The Bertz CT molecular complexity index is 837. The van der Waals surface area contributed by atoms with Crippen molar-refractivity contribution in [2.45, 2.75) is 5.92 Å². The maximum Gasteiger partial charge on any atom is 0.252 e. The second-order valence-electron chi connectivity index (χ2n) is 5.73. The van der Waals surface area contributed by atoms with E-state index < -0.39 is 5.92 Å². The van der Waals surface area contributed by atoms with Crippen molar-refractivity contribution in [2.24, 2.45) is 5.10 Å². The number of ether oxygens (including phenoxy) is 1. The number of para-hydroxylation sites is 1. The zero-order valence-electron chi connectivity index (χ0n) is 14.5. The lowest BCUT2D eigenvalue weighted by Gasteiger charge is -2.16. The minimum atomic E-state index is -0.424. The fourth-order valence-electron chi connectivity index (χ4n) is 2.79.